The highest BCUT2D eigenvalue weighted by atomic mass is 16.6. The molecule has 192 valence electrons. The SMILES string of the molecule is COc1cc2c(cc1OC)-n1cccc1[C@@H](c1ccc(NC(=O)[C@H]3COc4ccccc4O3)cc1)CC2=O. The number of hydrogen-bond acceptors (Lipinski definition) is 6. The molecule has 1 aromatic heterocycles. The molecule has 2 aliphatic rings. The number of fused-ring (bicyclic) bond motifs is 4. The molecule has 4 aromatic rings. The van der Waals surface area contributed by atoms with Gasteiger partial charge >= 0.3 is 0 Å². The normalized spacial score (nSPS) is 17.6. The smallest absolute Gasteiger partial charge is 0.269 e. The van der Waals surface area contributed by atoms with E-state index in [1.54, 1.807) is 26.4 Å². The van der Waals surface area contributed by atoms with Gasteiger partial charge in [-0.25, -0.2) is 0 Å². The Morgan fingerprint density at radius 1 is 0.947 bits per heavy atom. The van der Waals surface area contributed by atoms with Crippen LogP contribution in [0, 0.1) is 0 Å². The van der Waals surface area contributed by atoms with Crippen molar-refractivity contribution in [3.05, 3.63) is 95.8 Å². The van der Waals surface area contributed by atoms with Crippen molar-refractivity contribution >= 4 is 17.4 Å². The topological polar surface area (TPSA) is 88.0 Å². The standard InChI is InChI=1S/C30H26N2O6/c1-35-27-15-21-23(16-28(27)36-2)32-13-5-6-22(32)20(14-24(21)33)18-9-11-19(12-10-18)31-30(34)29-17-37-25-7-3-4-8-26(25)38-29/h3-13,15-16,20,29H,14,17H2,1-2H3,(H,31,34)/t20-,29-/m1/s1. The molecule has 38 heavy (non-hydrogen) atoms. The molecule has 3 aromatic carbocycles. The summed E-state index contributed by atoms with van der Waals surface area (Å²) >= 11 is 0. The molecule has 8 nitrogen and oxygen atoms in total. The predicted molar refractivity (Wildman–Crippen MR) is 141 cm³/mol. The van der Waals surface area contributed by atoms with E-state index >= 15 is 0 Å². The van der Waals surface area contributed by atoms with Gasteiger partial charge in [-0.05, 0) is 48.0 Å². The summed E-state index contributed by atoms with van der Waals surface area (Å²) in [4.78, 5) is 26.2. The lowest BCUT2D eigenvalue weighted by molar-refractivity contribution is -0.125. The molecule has 1 N–H and O–H groups in total. The number of carbonyl (C=O) groups is 2. The number of methoxy groups -OCH3 is 2. The molecule has 0 saturated heterocycles. The zero-order valence-corrected chi connectivity index (χ0v) is 21.0. The largest absolute Gasteiger partial charge is 0.493 e. The number of aromatic nitrogens is 1. The Bertz CT molecular complexity index is 1520. The second kappa shape index (κ2) is 9.63. The number of hydrogen-bond donors (Lipinski definition) is 1. The van der Waals surface area contributed by atoms with Crippen LogP contribution in [0.5, 0.6) is 23.0 Å². The summed E-state index contributed by atoms with van der Waals surface area (Å²) in [5.74, 6) is 1.81. The van der Waals surface area contributed by atoms with Crippen molar-refractivity contribution in [1.82, 2.24) is 4.57 Å². The van der Waals surface area contributed by atoms with Crippen molar-refractivity contribution in [2.45, 2.75) is 18.4 Å². The zero-order chi connectivity index (χ0) is 26.2. The van der Waals surface area contributed by atoms with Crippen molar-refractivity contribution in [3.63, 3.8) is 0 Å². The lowest BCUT2D eigenvalue weighted by Crippen LogP contribution is -2.40. The maximum absolute atomic E-state index is 13.4. The van der Waals surface area contributed by atoms with Gasteiger partial charge in [0.25, 0.3) is 5.91 Å². The second-order valence-corrected chi connectivity index (χ2v) is 9.18. The maximum Gasteiger partial charge on any atom is 0.269 e. The Labute approximate surface area is 219 Å². The molecule has 0 radical (unpaired) electrons. The van der Waals surface area contributed by atoms with Crippen LogP contribution in [0.2, 0.25) is 0 Å². The van der Waals surface area contributed by atoms with Gasteiger partial charge in [0, 0.05) is 41.5 Å². The molecule has 0 unspecified atom stereocenters. The molecule has 0 saturated carbocycles. The molecule has 0 aliphatic carbocycles. The van der Waals surface area contributed by atoms with E-state index in [9.17, 15) is 9.59 Å². The van der Waals surface area contributed by atoms with Gasteiger partial charge in [-0.1, -0.05) is 24.3 Å². The summed E-state index contributed by atoms with van der Waals surface area (Å²) < 4.78 is 24.4. The number of amides is 1. The number of ketones is 1. The Morgan fingerprint density at radius 2 is 1.68 bits per heavy atom. The number of benzene rings is 3. The monoisotopic (exact) mass is 510 g/mol. The van der Waals surface area contributed by atoms with Crippen LogP contribution in [0.15, 0.2) is 79.0 Å². The third-order valence-electron chi connectivity index (χ3n) is 6.97. The van der Waals surface area contributed by atoms with Crippen molar-refractivity contribution in [1.29, 1.82) is 0 Å². The van der Waals surface area contributed by atoms with Crippen LogP contribution in [0.4, 0.5) is 5.69 Å². The van der Waals surface area contributed by atoms with Crippen LogP contribution >= 0.6 is 0 Å². The van der Waals surface area contributed by atoms with Crippen LogP contribution in [0.3, 0.4) is 0 Å². The quantitative estimate of drug-likeness (QED) is 0.407. The van der Waals surface area contributed by atoms with E-state index in [1.807, 2.05) is 71.4 Å². The average molecular weight is 511 g/mol. The first-order chi connectivity index (χ1) is 18.6. The summed E-state index contributed by atoms with van der Waals surface area (Å²) in [5.41, 5.74) is 3.94. The van der Waals surface area contributed by atoms with E-state index in [-0.39, 0.29) is 24.2 Å². The fourth-order valence-electron chi connectivity index (χ4n) is 5.05. The molecule has 0 spiro atoms. The number of anilines is 1. The first-order valence-corrected chi connectivity index (χ1v) is 12.3. The van der Waals surface area contributed by atoms with Crippen molar-refractivity contribution in [2.75, 3.05) is 26.1 Å². The number of ether oxygens (including phenoxy) is 4. The number of carbonyl (C=O) groups excluding carboxylic acids is 2. The molecule has 0 bridgehead atoms. The van der Waals surface area contributed by atoms with Crippen LogP contribution in [-0.4, -0.2) is 43.2 Å². The van der Waals surface area contributed by atoms with E-state index in [0.29, 0.717) is 40.7 Å². The van der Waals surface area contributed by atoms with E-state index in [0.717, 1.165) is 16.9 Å². The molecule has 6 rings (SSSR count). The Kier molecular flexibility index (Phi) is 5.99. The van der Waals surface area contributed by atoms with Gasteiger partial charge in [0.15, 0.2) is 28.8 Å². The van der Waals surface area contributed by atoms with Gasteiger partial charge in [-0.15, -0.1) is 0 Å². The molecule has 3 heterocycles. The minimum Gasteiger partial charge on any atom is -0.493 e. The lowest BCUT2D eigenvalue weighted by Gasteiger charge is -2.25. The van der Waals surface area contributed by atoms with Crippen molar-refractivity contribution in [2.24, 2.45) is 0 Å². The molecular weight excluding hydrogens is 484 g/mol. The zero-order valence-electron chi connectivity index (χ0n) is 21.0. The first kappa shape index (κ1) is 23.7. The number of nitrogens with zero attached hydrogens (tertiary/aromatic N) is 1. The minimum absolute atomic E-state index is 0.0155. The van der Waals surface area contributed by atoms with Gasteiger partial charge in [0.05, 0.1) is 19.9 Å². The third kappa shape index (κ3) is 4.14. The predicted octanol–water partition coefficient (Wildman–Crippen LogP) is 4.99. The number of nitrogens with one attached hydrogen (secondary N) is 1. The fourth-order valence-corrected chi connectivity index (χ4v) is 5.05. The average Bonchev–Trinajstić information content (AvgIpc) is 3.41. The van der Waals surface area contributed by atoms with E-state index in [1.165, 1.54) is 0 Å². The van der Waals surface area contributed by atoms with Crippen molar-refractivity contribution < 1.29 is 28.5 Å². The highest BCUT2D eigenvalue weighted by Gasteiger charge is 2.30. The van der Waals surface area contributed by atoms with Gasteiger partial charge in [-0.3, -0.25) is 9.59 Å². The number of Topliss-reactive ketones (excluding diaryl/α,β-unsaturated/α-hetero) is 1. The fraction of sp³-hybridized carbons (Fsp3) is 0.200. The van der Waals surface area contributed by atoms with Gasteiger partial charge in [-0.2, -0.15) is 0 Å². The Balaban J connectivity index is 1.24. The van der Waals surface area contributed by atoms with E-state index in [4.69, 9.17) is 18.9 Å². The minimum atomic E-state index is -0.750. The van der Waals surface area contributed by atoms with Crippen molar-refractivity contribution in [3.8, 4) is 28.7 Å². The number of rotatable bonds is 5. The molecule has 8 heteroatoms. The molecular formula is C30H26N2O6. The van der Waals surface area contributed by atoms with Gasteiger partial charge in [0.1, 0.15) is 6.61 Å². The van der Waals surface area contributed by atoms with Gasteiger partial charge in [0.2, 0.25) is 6.10 Å². The maximum atomic E-state index is 13.4. The van der Waals surface area contributed by atoms with Gasteiger partial charge < -0.3 is 28.8 Å². The van der Waals surface area contributed by atoms with Crippen LogP contribution in [0.1, 0.15) is 34.0 Å². The summed E-state index contributed by atoms with van der Waals surface area (Å²) in [6.45, 7) is 0.137. The third-order valence-corrected chi connectivity index (χ3v) is 6.97. The van der Waals surface area contributed by atoms with Crippen LogP contribution < -0.4 is 24.3 Å². The second-order valence-electron chi connectivity index (χ2n) is 9.18. The summed E-state index contributed by atoms with van der Waals surface area (Å²) in [6, 6.07) is 22.4. The van der Waals surface area contributed by atoms with Crippen LogP contribution in [-0.2, 0) is 4.79 Å². The summed E-state index contributed by atoms with van der Waals surface area (Å²) in [7, 11) is 3.14. The van der Waals surface area contributed by atoms with Crippen LogP contribution in [0.25, 0.3) is 5.69 Å². The summed E-state index contributed by atoms with van der Waals surface area (Å²) in [5, 5.41) is 2.90. The highest BCUT2D eigenvalue weighted by Crippen LogP contribution is 2.40. The van der Waals surface area contributed by atoms with E-state index < -0.39 is 6.10 Å². The van der Waals surface area contributed by atoms with E-state index in [2.05, 4.69) is 5.32 Å². The first-order valence-electron chi connectivity index (χ1n) is 12.3. The lowest BCUT2D eigenvalue weighted by atomic mass is 9.90. The highest BCUT2D eigenvalue weighted by molar-refractivity contribution is 6.01. The molecule has 1 amide bonds. The molecule has 0 fully saturated rings. The Morgan fingerprint density at radius 3 is 2.45 bits per heavy atom. The molecule has 2 aliphatic heterocycles. The summed E-state index contributed by atoms with van der Waals surface area (Å²) in [6.07, 6.45) is 1.50. The molecule has 2 atom stereocenters. The number of para-hydroxylation sites is 2. The Hall–Kier alpha value is -4.72.